The van der Waals surface area contributed by atoms with Crippen molar-refractivity contribution in [3.63, 3.8) is 0 Å². The fourth-order valence-electron chi connectivity index (χ4n) is 4.38. The normalized spacial score (nSPS) is 17.2. The minimum atomic E-state index is -0.431. The van der Waals surface area contributed by atoms with Crippen molar-refractivity contribution < 1.29 is 19.4 Å². The maximum absolute atomic E-state index is 11.8. The lowest BCUT2D eigenvalue weighted by atomic mass is 10.2. The summed E-state index contributed by atoms with van der Waals surface area (Å²) in [6.07, 6.45) is 3.37. The molecule has 0 spiro atoms. The van der Waals surface area contributed by atoms with Crippen molar-refractivity contribution >= 4 is 33.3 Å². The Morgan fingerprint density at radius 2 is 1.83 bits per heavy atom. The highest BCUT2D eigenvalue weighted by Gasteiger charge is 2.25. The molecular formula is C23H29N7O4S. The summed E-state index contributed by atoms with van der Waals surface area (Å²) in [5.74, 6) is 1.30. The van der Waals surface area contributed by atoms with Gasteiger partial charge in [-0.3, -0.25) is 9.69 Å². The van der Waals surface area contributed by atoms with Gasteiger partial charge < -0.3 is 24.4 Å². The quantitative estimate of drug-likeness (QED) is 0.525. The fraction of sp³-hybridized carbons (Fsp3) is 0.522. The van der Waals surface area contributed by atoms with Crippen molar-refractivity contribution in [2.45, 2.75) is 13.5 Å². The number of fused-ring (bicyclic) bond motifs is 1. The molecule has 186 valence electrons. The van der Waals surface area contributed by atoms with E-state index in [4.69, 9.17) is 24.5 Å². The number of morpholine rings is 1. The zero-order chi connectivity index (χ0) is 24.4. The maximum atomic E-state index is 11.8. The number of aromatic nitrogens is 4. The summed E-state index contributed by atoms with van der Waals surface area (Å²) in [6, 6.07) is 0.304. The van der Waals surface area contributed by atoms with Crippen molar-refractivity contribution in [3.05, 3.63) is 22.8 Å². The zero-order valence-corrected chi connectivity index (χ0v) is 20.8. The Kier molecular flexibility index (Phi) is 7.04. The van der Waals surface area contributed by atoms with E-state index in [1.807, 2.05) is 0 Å². The monoisotopic (exact) mass is 499 g/mol. The van der Waals surface area contributed by atoms with Crippen molar-refractivity contribution in [3.8, 4) is 17.4 Å². The van der Waals surface area contributed by atoms with Gasteiger partial charge in [-0.05, 0) is 12.5 Å². The summed E-state index contributed by atoms with van der Waals surface area (Å²) < 4.78 is 11.7. The number of carbonyl (C=O) groups excluding carboxylic acids is 1. The third kappa shape index (κ3) is 4.92. The summed E-state index contributed by atoms with van der Waals surface area (Å²) in [7, 11) is 1.54. The third-order valence-electron chi connectivity index (χ3n) is 6.45. The second-order valence-corrected chi connectivity index (χ2v) is 9.68. The molecule has 0 atom stereocenters. The van der Waals surface area contributed by atoms with Gasteiger partial charge in [-0.15, -0.1) is 11.3 Å². The highest BCUT2D eigenvalue weighted by atomic mass is 32.1. The van der Waals surface area contributed by atoms with Crippen LogP contribution >= 0.6 is 11.3 Å². The first-order valence-electron chi connectivity index (χ1n) is 11.7. The number of hydrogen-bond acceptors (Lipinski definition) is 11. The van der Waals surface area contributed by atoms with E-state index >= 15 is 0 Å². The van der Waals surface area contributed by atoms with Gasteiger partial charge in [0.2, 0.25) is 5.91 Å². The van der Waals surface area contributed by atoms with Crippen LogP contribution in [0.1, 0.15) is 10.4 Å². The molecule has 0 radical (unpaired) electrons. The third-order valence-corrected chi connectivity index (χ3v) is 7.72. The van der Waals surface area contributed by atoms with E-state index in [0.717, 1.165) is 59.9 Å². The predicted molar refractivity (Wildman–Crippen MR) is 132 cm³/mol. The lowest BCUT2D eigenvalue weighted by molar-refractivity contribution is -0.135. The average Bonchev–Trinajstić information content (AvgIpc) is 3.23. The largest absolute Gasteiger partial charge is 0.467 e. The molecule has 11 nitrogen and oxygen atoms in total. The number of aliphatic hydroxyl groups excluding tert-OH is 1. The highest BCUT2D eigenvalue weighted by Crippen LogP contribution is 2.38. The fourth-order valence-corrected chi connectivity index (χ4v) is 5.69. The van der Waals surface area contributed by atoms with Crippen molar-refractivity contribution in [1.82, 2.24) is 29.7 Å². The Balaban J connectivity index is 1.47. The van der Waals surface area contributed by atoms with Gasteiger partial charge in [-0.1, -0.05) is 0 Å². The van der Waals surface area contributed by atoms with E-state index in [1.165, 1.54) is 12.0 Å². The number of hydrogen-bond donors (Lipinski definition) is 1. The molecule has 2 aliphatic heterocycles. The predicted octanol–water partition coefficient (Wildman–Crippen LogP) is 0.938. The Labute approximate surface area is 207 Å². The van der Waals surface area contributed by atoms with Gasteiger partial charge in [0.1, 0.15) is 6.61 Å². The molecule has 1 N–H and O–H groups in total. The van der Waals surface area contributed by atoms with Gasteiger partial charge in [0.15, 0.2) is 11.6 Å². The Bertz CT molecular complexity index is 1190. The van der Waals surface area contributed by atoms with Gasteiger partial charge in [0, 0.05) is 63.1 Å². The van der Waals surface area contributed by atoms with Crippen LogP contribution in [-0.2, 0) is 16.1 Å². The molecule has 35 heavy (non-hydrogen) atoms. The highest BCUT2D eigenvalue weighted by molar-refractivity contribution is 7.19. The van der Waals surface area contributed by atoms with Gasteiger partial charge in [-0.25, -0.2) is 19.9 Å². The number of nitrogens with zero attached hydrogens (tertiary/aromatic N) is 7. The number of anilines is 1. The number of aliphatic hydroxyl groups is 1. The molecular weight excluding hydrogens is 470 g/mol. The number of ether oxygens (including phenoxy) is 2. The Hall–Kier alpha value is -2.93. The Morgan fingerprint density at radius 1 is 1.11 bits per heavy atom. The second-order valence-electron chi connectivity index (χ2n) is 8.57. The second kappa shape index (κ2) is 10.4. The van der Waals surface area contributed by atoms with Crippen LogP contribution in [0.3, 0.4) is 0 Å². The van der Waals surface area contributed by atoms with Gasteiger partial charge in [0.25, 0.3) is 0 Å². The summed E-state index contributed by atoms with van der Waals surface area (Å²) in [6.45, 7) is 8.16. The molecule has 3 aromatic rings. The van der Waals surface area contributed by atoms with Gasteiger partial charge in [0.05, 0.1) is 36.1 Å². The van der Waals surface area contributed by atoms with E-state index in [1.54, 1.807) is 28.6 Å². The Morgan fingerprint density at radius 3 is 2.49 bits per heavy atom. The molecule has 12 heteroatoms. The smallest absolute Gasteiger partial charge is 0.316 e. The minimum absolute atomic E-state index is 0.205. The lowest BCUT2D eigenvalue weighted by Crippen LogP contribution is -2.49. The first-order valence-corrected chi connectivity index (χ1v) is 12.5. The molecule has 1 amide bonds. The summed E-state index contributed by atoms with van der Waals surface area (Å²) in [4.78, 5) is 37.7. The van der Waals surface area contributed by atoms with E-state index in [9.17, 15) is 4.79 Å². The van der Waals surface area contributed by atoms with Crippen LogP contribution in [0, 0.1) is 6.92 Å². The van der Waals surface area contributed by atoms with Crippen molar-refractivity contribution in [2.24, 2.45) is 0 Å². The molecule has 0 aromatic carbocycles. The molecule has 0 unspecified atom stereocenters. The van der Waals surface area contributed by atoms with Crippen LogP contribution in [0.2, 0.25) is 0 Å². The summed E-state index contributed by atoms with van der Waals surface area (Å²) in [5.41, 5.74) is 2.83. The number of piperazine rings is 1. The van der Waals surface area contributed by atoms with Gasteiger partial charge >= 0.3 is 6.01 Å². The molecule has 0 aliphatic carbocycles. The van der Waals surface area contributed by atoms with Gasteiger partial charge in [-0.2, -0.15) is 0 Å². The molecule has 5 heterocycles. The van der Waals surface area contributed by atoms with Crippen molar-refractivity contribution in [1.29, 1.82) is 0 Å². The van der Waals surface area contributed by atoms with Crippen LogP contribution in [-0.4, -0.2) is 107 Å². The maximum Gasteiger partial charge on any atom is 0.316 e. The standard InChI is InChI=1S/C23H29N7O4S/c1-15-17(13-28-3-5-29(6-4-28)18(32)14-31)35-20-19(15)26-21(16-11-24-23(33-2)25-12-16)27-22(20)30-7-9-34-10-8-30/h11-12,31H,3-10,13-14H2,1-2H3. The number of thiophene rings is 1. The first kappa shape index (κ1) is 23.8. The molecule has 0 bridgehead atoms. The molecule has 3 aromatic heterocycles. The van der Waals surface area contributed by atoms with E-state index < -0.39 is 6.61 Å². The van der Waals surface area contributed by atoms with E-state index in [-0.39, 0.29) is 5.91 Å². The minimum Gasteiger partial charge on any atom is -0.467 e. The molecule has 2 saturated heterocycles. The van der Waals surface area contributed by atoms with E-state index in [0.29, 0.717) is 38.1 Å². The zero-order valence-electron chi connectivity index (χ0n) is 19.9. The van der Waals surface area contributed by atoms with E-state index in [2.05, 4.69) is 26.7 Å². The first-order chi connectivity index (χ1) is 17.1. The number of carbonyl (C=O) groups is 1. The summed E-state index contributed by atoms with van der Waals surface area (Å²) >= 11 is 1.74. The number of aryl methyl sites for hydroxylation is 1. The number of methoxy groups -OCH3 is 1. The summed E-state index contributed by atoms with van der Waals surface area (Å²) in [5, 5.41) is 9.13. The molecule has 2 aliphatic rings. The molecule has 0 saturated carbocycles. The van der Waals surface area contributed by atoms with Crippen LogP contribution < -0.4 is 9.64 Å². The number of amides is 1. The molecule has 2 fully saturated rings. The van der Waals surface area contributed by atoms with Crippen LogP contribution in [0.5, 0.6) is 6.01 Å². The molecule has 5 rings (SSSR count). The van der Waals surface area contributed by atoms with Crippen LogP contribution in [0.15, 0.2) is 12.4 Å². The average molecular weight is 500 g/mol. The topological polar surface area (TPSA) is 117 Å². The lowest BCUT2D eigenvalue weighted by Gasteiger charge is -2.34. The number of rotatable bonds is 6. The SMILES string of the molecule is COc1ncc(-c2nc(N3CCOCC3)c3sc(CN4CCN(C(=O)CO)CC4)c(C)c3n2)cn1. The van der Waals surface area contributed by atoms with Crippen molar-refractivity contribution in [2.75, 3.05) is 71.1 Å². The van der Waals surface area contributed by atoms with Crippen LogP contribution in [0.25, 0.3) is 21.6 Å². The van der Waals surface area contributed by atoms with Crippen LogP contribution in [0.4, 0.5) is 5.82 Å².